The third-order valence-electron chi connectivity index (χ3n) is 3.54. The number of phenols is 1. The van der Waals surface area contributed by atoms with E-state index in [0.717, 1.165) is 12.8 Å². The highest BCUT2D eigenvalue weighted by Crippen LogP contribution is 2.30. The first-order valence-corrected chi connectivity index (χ1v) is 6.38. The van der Waals surface area contributed by atoms with Gasteiger partial charge in [-0.3, -0.25) is 4.79 Å². The van der Waals surface area contributed by atoms with Gasteiger partial charge < -0.3 is 20.3 Å². The number of nitrogens with one attached hydrogen (secondary N) is 1. The SMILES string of the molecule is O=C(Nc1ccc(O)cc1)[C@H]1CCCC[C@H]1C(=O)[O-]. The van der Waals surface area contributed by atoms with E-state index < -0.39 is 17.8 Å². The summed E-state index contributed by atoms with van der Waals surface area (Å²) < 4.78 is 0. The number of rotatable bonds is 3. The maximum Gasteiger partial charge on any atom is 0.228 e. The van der Waals surface area contributed by atoms with E-state index in [9.17, 15) is 14.7 Å². The van der Waals surface area contributed by atoms with Gasteiger partial charge >= 0.3 is 0 Å². The highest BCUT2D eigenvalue weighted by molar-refractivity contribution is 5.95. The van der Waals surface area contributed by atoms with Gasteiger partial charge in [-0.2, -0.15) is 0 Å². The van der Waals surface area contributed by atoms with Crippen LogP contribution in [0.1, 0.15) is 25.7 Å². The quantitative estimate of drug-likeness (QED) is 0.791. The molecule has 0 spiro atoms. The summed E-state index contributed by atoms with van der Waals surface area (Å²) in [5.74, 6) is -2.56. The van der Waals surface area contributed by atoms with Crippen LogP contribution >= 0.6 is 0 Å². The van der Waals surface area contributed by atoms with Crippen LogP contribution in [-0.2, 0) is 9.59 Å². The van der Waals surface area contributed by atoms with E-state index in [2.05, 4.69) is 5.32 Å². The summed E-state index contributed by atoms with van der Waals surface area (Å²) in [5, 5.41) is 22.9. The summed E-state index contributed by atoms with van der Waals surface area (Å²) in [7, 11) is 0. The van der Waals surface area contributed by atoms with E-state index >= 15 is 0 Å². The Morgan fingerprint density at radius 3 is 2.26 bits per heavy atom. The van der Waals surface area contributed by atoms with Crippen LogP contribution in [0.3, 0.4) is 0 Å². The average Bonchev–Trinajstić information content (AvgIpc) is 2.41. The standard InChI is InChI=1S/C14H17NO4/c16-10-7-5-9(6-8-10)15-13(17)11-3-1-2-4-12(11)14(18)19/h5-8,11-12,16H,1-4H2,(H,15,17)(H,18,19)/p-1/t11-,12+/m0/s1. The van der Waals surface area contributed by atoms with Gasteiger partial charge in [0.25, 0.3) is 0 Å². The summed E-state index contributed by atoms with van der Waals surface area (Å²) in [6, 6.07) is 6.08. The third kappa shape index (κ3) is 3.24. The Hall–Kier alpha value is -2.04. The first-order valence-electron chi connectivity index (χ1n) is 6.38. The van der Waals surface area contributed by atoms with Gasteiger partial charge in [-0.25, -0.2) is 0 Å². The van der Waals surface area contributed by atoms with Crippen molar-refractivity contribution in [3.05, 3.63) is 24.3 Å². The predicted octanol–water partition coefficient (Wildman–Crippen LogP) is 0.887. The van der Waals surface area contributed by atoms with E-state index in [0.29, 0.717) is 18.5 Å². The molecule has 0 unspecified atom stereocenters. The van der Waals surface area contributed by atoms with Gasteiger partial charge in [0.2, 0.25) is 5.91 Å². The Morgan fingerprint density at radius 1 is 1.11 bits per heavy atom. The van der Waals surface area contributed by atoms with Crippen molar-refractivity contribution in [3.63, 3.8) is 0 Å². The van der Waals surface area contributed by atoms with E-state index in [-0.39, 0.29) is 11.7 Å². The predicted molar refractivity (Wildman–Crippen MR) is 67.2 cm³/mol. The molecule has 1 amide bonds. The average molecular weight is 262 g/mol. The van der Waals surface area contributed by atoms with Gasteiger partial charge in [-0.1, -0.05) is 12.8 Å². The zero-order valence-electron chi connectivity index (χ0n) is 10.5. The van der Waals surface area contributed by atoms with Crippen LogP contribution in [0.5, 0.6) is 5.75 Å². The minimum Gasteiger partial charge on any atom is -0.550 e. The number of aromatic hydroxyl groups is 1. The minimum absolute atomic E-state index is 0.114. The smallest absolute Gasteiger partial charge is 0.228 e. The molecule has 5 heteroatoms. The normalized spacial score (nSPS) is 22.7. The molecular weight excluding hydrogens is 246 g/mol. The van der Waals surface area contributed by atoms with E-state index in [1.54, 1.807) is 12.1 Å². The Bertz CT molecular complexity index is 469. The van der Waals surface area contributed by atoms with Crippen molar-refractivity contribution in [2.24, 2.45) is 11.8 Å². The first-order chi connectivity index (χ1) is 9.08. The molecule has 5 nitrogen and oxygen atoms in total. The molecule has 102 valence electrons. The van der Waals surface area contributed by atoms with Gasteiger partial charge in [-0.15, -0.1) is 0 Å². The lowest BCUT2D eigenvalue weighted by Crippen LogP contribution is -2.42. The van der Waals surface area contributed by atoms with Gasteiger partial charge in [0.05, 0.1) is 0 Å². The monoisotopic (exact) mass is 262 g/mol. The van der Waals surface area contributed by atoms with Gasteiger partial charge in [-0.05, 0) is 37.1 Å². The molecule has 2 N–H and O–H groups in total. The van der Waals surface area contributed by atoms with Crippen molar-refractivity contribution in [2.45, 2.75) is 25.7 Å². The van der Waals surface area contributed by atoms with Crippen molar-refractivity contribution in [1.82, 2.24) is 0 Å². The number of hydrogen-bond donors (Lipinski definition) is 2. The lowest BCUT2D eigenvalue weighted by Gasteiger charge is -2.31. The number of carboxylic acids is 1. The molecule has 1 aliphatic carbocycles. The summed E-state index contributed by atoms with van der Waals surface area (Å²) in [5.41, 5.74) is 0.547. The van der Waals surface area contributed by atoms with Crippen LogP contribution in [0, 0.1) is 11.8 Å². The van der Waals surface area contributed by atoms with Crippen LogP contribution in [0.4, 0.5) is 5.69 Å². The molecule has 1 fully saturated rings. The number of anilines is 1. The number of phenolic OH excluding ortho intramolecular Hbond substituents is 1. The van der Waals surface area contributed by atoms with Crippen molar-refractivity contribution < 1.29 is 19.8 Å². The lowest BCUT2D eigenvalue weighted by molar-refractivity contribution is -0.313. The maximum atomic E-state index is 12.1. The van der Waals surface area contributed by atoms with Crippen molar-refractivity contribution in [2.75, 3.05) is 5.32 Å². The Balaban J connectivity index is 2.05. The summed E-state index contributed by atoms with van der Waals surface area (Å²) in [6.07, 6.45) is 2.75. The fraction of sp³-hybridized carbons (Fsp3) is 0.429. The van der Waals surface area contributed by atoms with Crippen LogP contribution < -0.4 is 10.4 Å². The molecule has 19 heavy (non-hydrogen) atoms. The second kappa shape index (κ2) is 5.73. The van der Waals surface area contributed by atoms with Crippen LogP contribution in [0.2, 0.25) is 0 Å². The van der Waals surface area contributed by atoms with E-state index in [1.807, 2.05) is 0 Å². The number of amides is 1. The lowest BCUT2D eigenvalue weighted by atomic mass is 9.78. The maximum absolute atomic E-state index is 12.1. The van der Waals surface area contributed by atoms with Gasteiger partial charge in [0.15, 0.2) is 0 Å². The minimum atomic E-state index is -1.15. The summed E-state index contributed by atoms with van der Waals surface area (Å²) in [4.78, 5) is 23.1. The third-order valence-corrected chi connectivity index (χ3v) is 3.54. The molecule has 0 heterocycles. The Labute approximate surface area is 111 Å². The first kappa shape index (κ1) is 13.4. The molecule has 1 aromatic rings. The summed E-state index contributed by atoms with van der Waals surface area (Å²) in [6.45, 7) is 0. The number of carboxylic acid groups (broad SMARTS) is 1. The topological polar surface area (TPSA) is 89.5 Å². The van der Waals surface area contributed by atoms with E-state index in [4.69, 9.17) is 5.11 Å². The zero-order valence-corrected chi connectivity index (χ0v) is 10.5. The van der Waals surface area contributed by atoms with Crippen molar-refractivity contribution in [1.29, 1.82) is 0 Å². The second-order valence-corrected chi connectivity index (χ2v) is 4.85. The number of hydrogen-bond acceptors (Lipinski definition) is 4. The fourth-order valence-corrected chi connectivity index (χ4v) is 2.51. The molecule has 0 radical (unpaired) electrons. The van der Waals surface area contributed by atoms with Gasteiger partial charge in [0, 0.05) is 23.5 Å². The second-order valence-electron chi connectivity index (χ2n) is 4.85. The highest BCUT2D eigenvalue weighted by Gasteiger charge is 2.31. The molecule has 1 saturated carbocycles. The Morgan fingerprint density at radius 2 is 1.68 bits per heavy atom. The molecule has 1 aliphatic rings. The zero-order chi connectivity index (χ0) is 13.8. The number of carbonyl (C=O) groups is 2. The van der Waals surface area contributed by atoms with Crippen LogP contribution in [0.15, 0.2) is 24.3 Å². The van der Waals surface area contributed by atoms with Crippen molar-refractivity contribution in [3.8, 4) is 5.75 Å². The van der Waals surface area contributed by atoms with Crippen LogP contribution in [-0.4, -0.2) is 17.0 Å². The van der Waals surface area contributed by atoms with Gasteiger partial charge in [0.1, 0.15) is 5.75 Å². The molecule has 0 bridgehead atoms. The Kier molecular flexibility index (Phi) is 4.04. The molecule has 0 aromatic heterocycles. The molecule has 2 rings (SSSR count). The number of carbonyl (C=O) groups excluding carboxylic acids is 2. The molecular formula is C14H16NO4-. The van der Waals surface area contributed by atoms with Crippen molar-refractivity contribution >= 4 is 17.6 Å². The molecule has 0 aliphatic heterocycles. The molecule has 1 aromatic carbocycles. The largest absolute Gasteiger partial charge is 0.550 e. The van der Waals surface area contributed by atoms with Crippen LogP contribution in [0.25, 0.3) is 0 Å². The fourth-order valence-electron chi connectivity index (χ4n) is 2.51. The van der Waals surface area contributed by atoms with E-state index in [1.165, 1.54) is 12.1 Å². The molecule has 0 saturated heterocycles. The number of benzene rings is 1. The number of aliphatic carboxylic acids is 1. The highest BCUT2D eigenvalue weighted by atomic mass is 16.4. The molecule has 2 atom stereocenters. The summed E-state index contributed by atoms with van der Waals surface area (Å²) >= 11 is 0.